The third-order valence-electron chi connectivity index (χ3n) is 1.02. The molecule has 1 amide bonds. The molecule has 0 saturated carbocycles. The molecule has 0 aromatic carbocycles. The first-order chi connectivity index (χ1) is 5.24. The second-order valence-electron chi connectivity index (χ2n) is 1.76. The number of amides is 1. The van der Waals surface area contributed by atoms with Gasteiger partial charge in [-0.15, -0.1) is 0 Å². The molecule has 1 N–H and O–H groups in total. The fourth-order valence-electron chi connectivity index (χ4n) is 0.568. The number of nitrogens with zero attached hydrogens (tertiary/aromatic N) is 1. The van der Waals surface area contributed by atoms with E-state index in [4.69, 9.17) is 11.6 Å². The minimum atomic E-state index is 0.376. The van der Waals surface area contributed by atoms with E-state index in [1.54, 1.807) is 6.07 Å². The minimum Gasteiger partial charge on any atom is -0.327 e. The molecule has 3 nitrogen and oxygen atoms in total. The topological polar surface area (TPSA) is 42.0 Å². The molecule has 0 aliphatic heterocycles. The van der Waals surface area contributed by atoms with Gasteiger partial charge in [-0.1, -0.05) is 11.6 Å². The Hall–Kier alpha value is -0.610. The van der Waals surface area contributed by atoms with Crippen molar-refractivity contribution in [3.05, 3.63) is 21.9 Å². The average molecular weight is 235 g/mol. The summed E-state index contributed by atoms with van der Waals surface area (Å²) in [7, 11) is 0. The van der Waals surface area contributed by atoms with Crippen molar-refractivity contribution in [2.45, 2.75) is 0 Å². The van der Waals surface area contributed by atoms with E-state index in [2.05, 4.69) is 26.2 Å². The van der Waals surface area contributed by atoms with E-state index in [-0.39, 0.29) is 0 Å². The number of nitrogens with one attached hydrogen (secondary N) is 1. The highest BCUT2D eigenvalue weighted by Gasteiger charge is 1.98. The number of carbonyl (C=O) groups excluding carboxylic acids is 1. The van der Waals surface area contributed by atoms with Crippen LogP contribution in [0.2, 0.25) is 5.15 Å². The van der Waals surface area contributed by atoms with Gasteiger partial charge in [0.25, 0.3) is 0 Å². The average Bonchev–Trinajstić information content (AvgIpc) is 1.98. The van der Waals surface area contributed by atoms with Gasteiger partial charge in [-0.2, -0.15) is 0 Å². The molecule has 0 fully saturated rings. The predicted molar refractivity (Wildman–Crippen MR) is 46.6 cm³/mol. The van der Waals surface area contributed by atoms with E-state index in [1.165, 1.54) is 6.20 Å². The van der Waals surface area contributed by atoms with E-state index >= 15 is 0 Å². The van der Waals surface area contributed by atoms with Crippen molar-refractivity contribution in [1.82, 2.24) is 4.98 Å². The van der Waals surface area contributed by atoms with Crippen LogP contribution in [0.1, 0.15) is 0 Å². The van der Waals surface area contributed by atoms with E-state index in [1.807, 2.05) is 0 Å². The molecule has 1 rings (SSSR count). The Labute approximate surface area is 76.9 Å². The second-order valence-corrected chi connectivity index (χ2v) is 2.97. The summed E-state index contributed by atoms with van der Waals surface area (Å²) in [4.78, 5) is 13.8. The van der Waals surface area contributed by atoms with Gasteiger partial charge in [0.2, 0.25) is 6.41 Å². The van der Waals surface area contributed by atoms with E-state index < -0.39 is 0 Å². The van der Waals surface area contributed by atoms with Crippen LogP contribution in [0.3, 0.4) is 0 Å². The van der Waals surface area contributed by atoms with Crippen LogP contribution >= 0.6 is 27.5 Å². The van der Waals surface area contributed by atoms with Crippen LogP contribution in [0.5, 0.6) is 0 Å². The molecule has 0 saturated heterocycles. The SMILES string of the molecule is O=CNc1cnc(Cl)c(Br)c1. The molecule has 1 aromatic rings. The van der Waals surface area contributed by atoms with Gasteiger partial charge < -0.3 is 5.32 Å². The maximum absolute atomic E-state index is 9.98. The molecule has 0 spiro atoms. The van der Waals surface area contributed by atoms with E-state index in [9.17, 15) is 4.79 Å². The number of halogens is 2. The van der Waals surface area contributed by atoms with Crippen LogP contribution in [0.25, 0.3) is 0 Å². The zero-order chi connectivity index (χ0) is 8.27. The van der Waals surface area contributed by atoms with Crippen molar-refractivity contribution in [1.29, 1.82) is 0 Å². The highest BCUT2D eigenvalue weighted by Crippen LogP contribution is 2.22. The third kappa shape index (κ3) is 2.17. The molecule has 0 unspecified atom stereocenters. The summed E-state index contributed by atoms with van der Waals surface area (Å²) in [5.41, 5.74) is 0.608. The van der Waals surface area contributed by atoms with Crippen molar-refractivity contribution >= 4 is 39.6 Å². The van der Waals surface area contributed by atoms with Gasteiger partial charge in [0.1, 0.15) is 5.15 Å². The van der Waals surface area contributed by atoms with Crippen LogP contribution in [0, 0.1) is 0 Å². The Balaban J connectivity index is 2.95. The number of hydrogen-bond donors (Lipinski definition) is 1. The Morgan fingerprint density at radius 1 is 1.73 bits per heavy atom. The number of carbonyl (C=O) groups is 1. The third-order valence-corrected chi connectivity index (χ3v) is 2.16. The number of pyridine rings is 1. The molecule has 5 heteroatoms. The summed E-state index contributed by atoms with van der Waals surface area (Å²) in [6, 6.07) is 1.67. The molecule has 58 valence electrons. The molecular formula is C6H4BrClN2O. The Kier molecular flexibility index (Phi) is 2.84. The van der Waals surface area contributed by atoms with E-state index in [0.717, 1.165) is 0 Å². The number of rotatable bonds is 2. The summed E-state index contributed by atoms with van der Waals surface area (Å²) in [6.07, 6.45) is 2.05. The Bertz CT molecular complexity index is 279. The summed E-state index contributed by atoms with van der Waals surface area (Å²) in [5.74, 6) is 0. The zero-order valence-electron chi connectivity index (χ0n) is 5.34. The van der Waals surface area contributed by atoms with Crippen molar-refractivity contribution in [2.24, 2.45) is 0 Å². The molecule has 0 aliphatic carbocycles. The van der Waals surface area contributed by atoms with E-state index in [0.29, 0.717) is 21.7 Å². The maximum atomic E-state index is 9.98. The number of hydrogen-bond acceptors (Lipinski definition) is 2. The van der Waals surface area contributed by atoms with Gasteiger partial charge in [0.15, 0.2) is 0 Å². The molecule has 0 bridgehead atoms. The lowest BCUT2D eigenvalue weighted by Gasteiger charge is -1.98. The van der Waals surface area contributed by atoms with Gasteiger partial charge in [0, 0.05) is 0 Å². The highest BCUT2D eigenvalue weighted by atomic mass is 79.9. The first-order valence-corrected chi connectivity index (χ1v) is 3.92. The van der Waals surface area contributed by atoms with Gasteiger partial charge in [0.05, 0.1) is 16.4 Å². The normalized spacial score (nSPS) is 9.27. The smallest absolute Gasteiger partial charge is 0.211 e. The lowest BCUT2D eigenvalue weighted by atomic mass is 10.4. The predicted octanol–water partition coefficient (Wildman–Crippen LogP) is 2.07. The fourth-order valence-corrected chi connectivity index (χ4v) is 1.02. The lowest BCUT2D eigenvalue weighted by molar-refractivity contribution is -0.105. The second kappa shape index (κ2) is 3.69. The largest absolute Gasteiger partial charge is 0.327 e. The first-order valence-electron chi connectivity index (χ1n) is 2.75. The van der Waals surface area contributed by atoms with Crippen molar-refractivity contribution in [3.63, 3.8) is 0 Å². The van der Waals surface area contributed by atoms with Crippen molar-refractivity contribution in [2.75, 3.05) is 5.32 Å². The molecule has 0 aliphatic rings. The summed E-state index contributed by atoms with van der Waals surface area (Å²) in [5, 5.41) is 2.82. The van der Waals surface area contributed by atoms with Crippen LogP contribution in [0.4, 0.5) is 5.69 Å². The molecule has 0 radical (unpaired) electrons. The monoisotopic (exact) mass is 234 g/mol. The Morgan fingerprint density at radius 2 is 2.45 bits per heavy atom. The van der Waals surface area contributed by atoms with Crippen LogP contribution in [0.15, 0.2) is 16.7 Å². The highest BCUT2D eigenvalue weighted by molar-refractivity contribution is 9.10. The molecular weight excluding hydrogens is 231 g/mol. The van der Waals surface area contributed by atoms with Gasteiger partial charge in [-0.25, -0.2) is 4.98 Å². The first kappa shape index (κ1) is 8.49. The van der Waals surface area contributed by atoms with Gasteiger partial charge in [-0.05, 0) is 22.0 Å². The van der Waals surface area contributed by atoms with Crippen LogP contribution in [-0.2, 0) is 4.79 Å². The van der Waals surface area contributed by atoms with Crippen LogP contribution < -0.4 is 5.32 Å². The molecule has 0 atom stereocenters. The summed E-state index contributed by atoms with van der Waals surface area (Å²) >= 11 is 8.77. The standard InChI is InChI=1S/C6H4BrClN2O/c7-5-1-4(10-3-11)2-9-6(5)8/h1-3H,(H,10,11). The summed E-state index contributed by atoms with van der Waals surface area (Å²) < 4.78 is 0.658. The van der Waals surface area contributed by atoms with Crippen molar-refractivity contribution in [3.8, 4) is 0 Å². The number of anilines is 1. The molecule has 1 heterocycles. The van der Waals surface area contributed by atoms with Crippen LogP contribution in [-0.4, -0.2) is 11.4 Å². The van der Waals surface area contributed by atoms with Gasteiger partial charge in [-0.3, -0.25) is 4.79 Å². The van der Waals surface area contributed by atoms with Crippen molar-refractivity contribution < 1.29 is 4.79 Å². The lowest BCUT2D eigenvalue weighted by Crippen LogP contribution is -1.94. The zero-order valence-corrected chi connectivity index (χ0v) is 7.69. The molecule has 11 heavy (non-hydrogen) atoms. The maximum Gasteiger partial charge on any atom is 0.211 e. The quantitative estimate of drug-likeness (QED) is 0.630. The fraction of sp³-hybridized carbons (Fsp3) is 0. The van der Waals surface area contributed by atoms with Gasteiger partial charge >= 0.3 is 0 Å². The Morgan fingerprint density at radius 3 is 3.00 bits per heavy atom. The summed E-state index contributed by atoms with van der Waals surface area (Å²) in [6.45, 7) is 0. The number of aromatic nitrogens is 1. The molecule has 1 aromatic heterocycles. The minimum absolute atomic E-state index is 0.376.